The van der Waals surface area contributed by atoms with E-state index < -0.39 is 0 Å². The Hall–Kier alpha value is -3.15. The first kappa shape index (κ1) is 17.3. The Morgan fingerprint density at radius 3 is 2.85 bits per heavy atom. The van der Waals surface area contributed by atoms with E-state index in [0.29, 0.717) is 5.56 Å². The van der Waals surface area contributed by atoms with Crippen molar-refractivity contribution in [2.24, 2.45) is 5.92 Å². The summed E-state index contributed by atoms with van der Waals surface area (Å²) in [6, 6.07) is 10.4. The van der Waals surface area contributed by atoms with Crippen LogP contribution in [0.1, 0.15) is 45.4 Å². The second-order valence-corrected chi connectivity index (χ2v) is 7.04. The number of allylic oxidation sites excluding steroid dienone is 2. The molecule has 0 amide bonds. The van der Waals surface area contributed by atoms with Gasteiger partial charge >= 0.3 is 5.97 Å². The quantitative estimate of drug-likeness (QED) is 0.375. The summed E-state index contributed by atoms with van der Waals surface area (Å²) in [6.07, 6.45) is 5.11. The Balaban J connectivity index is 1.84. The highest BCUT2D eigenvalue weighted by molar-refractivity contribution is 5.94. The van der Waals surface area contributed by atoms with Gasteiger partial charge in [0, 0.05) is 23.7 Å². The zero-order valence-electron chi connectivity index (χ0n) is 15.1. The molecule has 1 heterocycles. The van der Waals surface area contributed by atoms with Gasteiger partial charge in [0.25, 0.3) is 5.69 Å². The van der Waals surface area contributed by atoms with E-state index in [9.17, 15) is 14.9 Å². The van der Waals surface area contributed by atoms with Crippen LogP contribution in [0.5, 0.6) is 0 Å². The van der Waals surface area contributed by atoms with E-state index >= 15 is 0 Å². The van der Waals surface area contributed by atoms with Gasteiger partial charge in [0.15, 0.2) is 0 Å². The second kappa shape index (κ2) is 6.54. The van der Waals surface area contributed by atoms with Crippen LogP contribution < -0.4 is 5.32 Å². The van der Waals surface area contributed by atoms with Crippen LogP contribution in [-0.4, -0.2) is 18.0 Å². The van der Waals surface area contributed by atoms with Crippen LogP contribution in [0.15, 0.2) is 48.6 Å². The molecule has 0 aromatic heterocycles. The number of nitro groups is 1. The van der Waals surface area contributed by atoms with Gasteiger partial charge in [-0.1, -0.05) is 30.4 Å². The minimum Gasteiger partial charge on any atom is -0.465 e. The van der Waals surface area contributed by atoms with Crippen LogP contribution in [0.25, 0.3) is 0 Å². The van der Waals surface area contributed by atoms with Crippen molar-refractivity contribution in [2.45, 2.75) is 25.3 Å². The SMILES string of the molecule is COC(=O)c1ccc(C)c2c1[C@@H]1C=CC[C@H]1[C@@H](c1cccc([N+](=O)[O-])c1)N2. The van der Waals surface area contributed by atoms with Gasteiger partial charge in [-0.2, -0.15) is 0 Å². The molecule has 1 aliphatic carbocycles. The summed E-state index contributed by atoms with van der Waals surface area (Å²) in [4.78, 5) is 23.1. The monoisotopic (exact) mass is 364 g/mol. The van der Waals surface area contributed by atoms with Crippen LogP contribution >= 0.6 is 0 Å². The maximum Gasteiger partial charge on any atom is 0.338 e. The molecule has 1 N–H and O–H groups in total. The smallest absolute Gasteiger partial charge is 0.338 e. The van der Waals surface area contributed by atoms with Gasteiger partial charge in [-0.05, 0) is 42.0 Å². The third kappa shape index (κ3) is 2.77. The molecule has 0 fully saturated rings. The molecule has 4 rings (SSSR count). The lowest BCUT2D eigenvalue weighted by atomic mass is 9.74. The first-order chi connectivity index (χ1) is 13.0. The lowest BCUT2D eigenvalue weighted by molar-refractivity contribution is -0.384. The number of rotatable bonds is 3. The molecule has 2 aliphatic rings. The van der Waals surface area contributed by atoms with E-state index in [1.165, 1.54) is 13.2 Å². The predicted molar refractivity (Wildman–Crippen MR) is 102 cm³/mol. The van der Waals surface area contributed by atoms with Crippen LogP contribution in [-0.2, 0) is 4.74 Å². The Morgan fingerprint density at radius 1 is 1.30 bits per heavy atom. The molecule has 27 heavy (non-hydrogen) atoms. The highest BCUT2D eigenvalue weighted by Gasteiger charge is 2.41. The summed E-state index contributed by atoms with van der Waals surface area (Å²) < 4.78 is 4.98. The number of carbonyl (C=O) groups is 1. The van der Waals surface area contributed by atoms with Gasteiger partial charge in [-0.3, -0.25) is 10.1 Å². The van der Waals surface area contributed by atoms with Crippen LogP contribution in [0.2, 0.25) is 0 Å². The molecule has 0 saturated carbocycles. The van der Waals surface area contributed by atoms with E-state index in [-0.39, 0.29) is 34.5 Å². The highest BCUT2D eigenvalue weighted by Crippen LogP contribution is 2.52. The molecule has 0 saturated heterocycles. The third-order valence-electron chi connectivity index (χ3n) is 5.57. The Kier molecular flexibility index (Phi) is 4.18. The van der Waals surface area contributed by atoms with Crippen molar-refractivity contribution in [1.82, 2.24) is 0 Å². The minimum absolute atomic E-state index is 0.0657. The molecule has 0 spiro atoms. The third-order valence-corrected chi connectivity index (χ3v) is 5.57. The van der Waals surface area contributed by atoms with Crippen LogP contribution in [0.3, 0.4) is 0 Å². The van der Waals surface area contributed by atoms with Crippen molar-refractivity contribution in [3.05, 3.63) is 80.9 Å². The largest absolute Gasteiger partial charge is 0.465 e. The summed E-state index contributed by atoms with van der Waals surface area (Å²) in [6.45, 7) is 2.00. The molecule has 3 atom stereocenters. The lowest BCUT2D eigenvalue weighted by Crippen LogP contribution is -2.31. The zero-order valence-corrected chi connectivity index (χ0v) is 15.1. The molecule has 138 valence electrons. The van der Waals surface area contributed by atoms with Crippen molar-refractivity contribution in [2.75, 3.05) is 12.4 Å². The van der Waals surface area contributed by atoms with Crippen molar-refractivity contribution in [1.29, 1.82) is 0 Å². The summed E-state index contributed by atoms with van der Waals surface area (Å²) in [5, 5.41) is 14.8. The fraction of sp³-hybridized carbons (Fsp3) is 0.286. The fourth-order valence-electron chi connectivity index (χ4n) is 4.30. The number of methoxy groups -OCH3 is 1. The molecule has 6 heteroatoms. The number of non-ortho nitro benzene ring substituents is 1. The Bertz CT molecular complexity index is 967. The maximum absolute atomic E-state index is 12.3. The standard InChI is InChI=1S/C21H20N2O4/c1-12-9-10-17(21(24)27-2)18-15-7-4-8-16(15)20(22-19(12)18)13-5-3-6-14(11-13)23(25)26/h3-7,9-11,15-16,20,22H,8H2,1-2H3/t15-,16-,20-/m1/s1. The van der Waals surface area contributed by atoms with Gasteiger partial charge < -0.3 is 10.1 Å². The van der Waals surface area contributed by atoms with Gasteiger partial charge in [-0.15, -0.1) is 0 Å². The van der Waals surface area contributed by atoms with E-state index in [4.69, 9.17) is 4.74 Å². The van der Waals surface area contributed by atoms with Gasteiger partial charge in [0.1, 0.15) is 0 Å². The van der Waals surface area contributed by atoms with Crippen molar-refractivity contribution < 1.29 is 14.5 Å². The maximum atomic E-state index is 12.3. The van der Waals surface area contributed by atoms with Crippen LogP contribution in [0, 0.1) is 23.0 Å². The number of benzene rings is 2. The van der Waals surface area contributed by atoms with Crippen molar-refractivity contribution in [3.8, 4) is 0 Å². The molecule has 0 bridgehead atoms. The summed E-state index contributed by atoms with van der Waals surface area (Å²) in [7, 11) is 1.39. The molecule has 2 aromatic carbocycles. The number of anilines is 1. The van der Waals surface area contributed by atoms with E-state index in [1.54, 1.807) is 12.1 Å². The number of carbonyl (C=O) groups excluding carboxylic acids is 1. The number of aryl methyl sites for hydroxylation is 1. The number of nitro benzene ring substituents is 1. The first-order valence-corrected chi connectivity index (χ1v) is 8.90. The normalized spacial score (nSPS) is 22.5. The number of hydrogen-bond acceptors (Lipinski definition) is 5. The molecule has 0 unspecified atom stereocenters. The Morgan fingerprint density at radius 2 is 2.11 bits per heavy atom. The molecule has 0 radical (unpaired) electrons. The highest BCUT2D eigenvalue weighted by atomic mass is 16.6. The van der Waals surface area contributed by atoms with E-state index in [1.807, 2.05) is 25.1 Å². The average Bonchev–Trinajstić information content (AvgIpc) is 3.17. The average molecular weight is 364 g/mol. The van der Waals surface area contributed by atoms with E-state index in [0.717, 1.165) is 28.8 Å². The molecular formula is C21H20N2O4. The number of fused-ring (bicyclic) bond motifs is 3. The molecular weight excluding hydrogens is 344 g/mol. The van der Waals surface area contributed by atoms with Gasteiger partial charge in [0.05, 0.1) is 23.6 Å². The van der Waals surface area contributed by atoms with Gasteiger partial charge in [-0.25, -0.2) is 4.79 Å². The number of ether oxygens (including phenoxy) is 1. The Labute approximate surface area is 157 Å². The molecule has 2 aromatic rings. The van der Waals surface area contributed by atoms with Crippen LogP contribution in [0.4, 0.5) is 11.4 Å². The zero-order chi connectivity index (χ0) is 19.1. The number of nitrogens with zero attached hydrogens (tertiary/aromatic N) is 1. The fourth-order valence-corrected chi connectivity index (χ4v) is 4.30. The summed E-state index contributed by atoms with van der Waals surface area (Å²) in [5.74, 6) is -0.0925. The molecule has 6 nitrogen and oxygen atoms in total. The van der Waals surface area contributed by atoms with Crippen molar-refractivity contribution in [3.63, 3.8) is 0 Å². The molecule has 1 aliphatic heterocycles. The predicted octanol–water partition coefficient (Wildman–Crippen LogP) is 4.52. The first-order valence-electron chi connectivity index (χ1n) is 8.90. The number of nitrogens with one attached hydrogen (secondary N) is 1. The second-order valence-electron chi connectivity index (χ2n) is 7.04. The lowest BCUT2D eigenvalue weighted by Gasteiger charge is -2.39. The topological polar surface area (TPSA) is 81.5 Å². The minimum atomic E-state index is -0.370. The van der Waals surface area contributed by atoms with E-state index in [2.05, 4.69) is 17.5 Å². The number of hydrogen-bond donors (Lipinski definition) is 1. The summed E-state index contributed by atoms with van der Waals surface area (Å²) >= 11 is 0. The van der Waals surface area contributed by atoms with Gasteiger partial charge in [0.2, 0.25) is 0 Å². The van der Waals surface area contributed by atoms with Crippen molar-refractivity contribution >= 4 is 17.3 Å². The number of esters is 1. The summed E-state index contributed by atoms with van der Waals surface area (Å²) in [5.41, 5.74) is 4.46.